The van der Waals surface area contributed by atoms with Gasteiger partial charge in [0.1, 0.15) is 5.69 Å². The predicted octanol–water partition coefficient (Wildman–Crippen LogP) is 2.07. The quantitative estimate of drug-likeness (QED) is 0.681. The van der Waals surface area contributed by atoms with Gasteiger partial charge in [-0.2, -0.15) is 3.94 Å². The average Bonchev–Trinajstić information content (AvgIpc) is 2.34. The lowest BCUT2D eigenvalue weighted by Gasteiger charge is -1.99. The number of amides is 1. The Morgan fingerprint density at radius 1 is 1.55 bits per heavy atom. The van der Waals surface area contributed by atoms with Crippen LogP contribution >= 0.6 is 23.6 Å². The number of hydrogen-bond acceptors (Lipinski definition) is 1. The van der Waals surface area contributed by atoms with Crippen LogP contribution < -0.4 is 0 Å². The molecule has 0 atom stereocenters. The van der Waals surface area contributed by atoms with Gasteiger partial charge in [0.15, 0.2) is 0 Å². The highest BCUT2D eigenvalue weighted by Gasteiger charge is 2.12. The molecule has 11 heavy (non-hydrogen) atoms. The zero-order valence-electron chi connectivity index (χ0n) is 5.77. The third-order valence-electron chi connectivity index (χ3n) is 1.22. The number of aromatic nitrogens is 1. The molecule has 1 N–H and O–H groups in total. The van der Waals surface area contributed by atoms with E-state index in [1.54, 1.807) is 12.1 Å². The van der Waals surface area contributed by atoms with Crippen LogP contribution in [-0.4, -0.2) is 14.8 Å². The van der Waals surface area contributed by atoms with Crippen LogP contribution in [0.25, 0.3) is 0 Å². The van der Waals surface area contributed by atoms with Crippen LogP contribution in [-0.2, 0) is 0 Å². The number of nitrogens with zero attached hydrogens (tertiary/aromatic N) is 1. The fourth-order valence-electron chi connectivity index (χ4n) is 0.720. The Kier molecular flexibility index (Phi) is 2.42. The van der Waals surface area contributed by atoms with Crippen molar-refractivity contribution in [1.82, 2.24) is 8.92 Å². The minimum Gasteiger partial charge on any atom is -0.355 e. The molecule has 0 aliphatic heterocycles. The van der Waals surface area contributed by atoms with E-state index in [1.807, 2.05) is 6.92 Å². The van der Waals surface area contributed by atoms with E-state index < -0.39 is 5.91 Å². The van der Waals surface area contributed by atoms with Crippen molar-refractivity contribution in [3.05, 3.63) is 23.5 Å². The number of nitrogens with one attached hydrogen (secondary N) is 1. The van der Waals surface area contributed by atoms with Gasteiger partial charge in [0.05, 0.1) is 0 Å². The van der Waals surface area contributed by atoms with Gasteiger partial charge in [0.2, 0.25) is 0 Å². The Morgan fingerprint density at radius 3 is 2.55 bits per heavy atom. The molecule has 0 unspecified atom stereocenters. The second-order valence-electron chi connectivity index (χ2n) is 2.09. The summed E-state index contributed by atoms with van der Waals surface area (Å²) in [7, 11) is 0. The van der Waals surface area contributed by atoms with Crippen LogP contribution in [0.3, 0.4) is 0 Å². The topological polar surface area (TPSA) is 36.1 Å². The first-order valence-electron chi connectivity index (χ1n) is 2.93. The van der Waals surface area contributed by atoms with Crippen molar-refractivity contribution >= 4 is 29.5 Å². The van der Waals surface area contributed by atoms with E-state index in [4.69, 9.17) is 23.6 Å². The summed E-state index contributed by atoms with van der Waals surface area (Å²) in [6.07, 6.45) is 0. The standard InChI is InChI=1S/C6H6Cl2N2O/c1-4-2-3-5(9-4)6(11)10(7)8/h2-3,9H,1H3. The van der Waals surface area contributed by atoms with Crippen molar-refractivity contribution in [2.45, 2.75) is 6.92 Å². The summed E-state index contributed by atoms with van der Waals surface area (Å²) in [4.78, 5) is 13.8. The minimum absolute atomic E-state index is 0.382. The predicted molar refractivity (Wildman–Crippen MR) is 43.4 cm³/mol. The van der Waals surface area contributed by atoms with Crippen LogP contribution in [0.5, 0.6) is 0 Å². The molecule has 60 valence electrons. The molecule has 1 rings (SSSR count). The molecule has 0 radical (unpaired) electrons. The van der Waals surface area contributed by atoms with Crippen molar-refractivity contribution in [3.8, 4) is 0 Å². The number of aromatic amines is 1. The highest BCUT2D eigenvalue weighted by atomic mass is 35.5. The van der Waals surface area contributed by atoms with E-state index in [1.165, 1.54) is 0 Å². The van der Waals surface area contributed by atoms with Gasteiger partial charge < -0.3 is 4.98 Å². The van der Waals surface area contributed by atoms with Crippen molar-refractivity contribution in [3.63, 3.8) is 0 Å². The first-order valence-corrected chi connectivity index (χ1v) is 3.60. The van der Waals surface area contributed by atoms with Crippen molar-refractivity contribution < 1.29 is 4.79 Å². The highest BCUT2D eigenvalue weighted by molar-refractivity contribution is 6.42. The zero-order valence-corrected chi connectivity index (χ0v) is 7.28. The second kappa shape index (κ2) is 3.15. The Labute approximate surface area is 74.1 Å². The van der Waals surface area contributed by atoms with E-state index >= 15 is 0 Å². The maximum Gasteiger partial charge on any atom is 0.299 e. The number of rotatable bonds is 1. The third-order valence-corrected chi connectivity index (χ3v) is 1.52. The van der Waals surface area contributed by atoms with Gasteiger partial charge in [0.25, 0.3) is 5.91 Å². The van der Waals surface area contributed by atoms with Crippen LogP contribution in [0.15, 0.2) is 12.1 Å². The van der Waals surface area contributed by atoms with Gasteiger partial charge in [-0.05, 0) is 19.1 Å². The van der Waals surface area contributed by atoms with Gasteiger partial charge in [0, 0.05) is 29.2 Å². The van der Waals surface area contributed by atoms with E-state index in [0.717, 1.165) is 5.69 Å². The summed E-state index contributed by atoms with van der Waals surface area (Å²) >= 11 is 10.4. The molecule has 1 amide bonds. The molecule has 1 aromatic rings. The first kappa shape index (κ1) is 8.43. The molecule has 5 heteroatoms. The van der Waals surface area contributed by atoms with E-state index in [0.29, 0.717) is 9.63 Å². The number of hydrogen-bond donors (Lipinski definition) is 1. The summed E-state index contributed by atoms with van der Waals surface area (Å²) in [5.74, 6) is -0.457. The second-order valence-corrected chi connectivity index (χ2v) is 2.94. The summed E-state index contributed by atoms with van der Waals surface area (Å²) in [5.41, 5.74) is 1.27. The zero-order chi connectivity index (χ0) is 8.43. The molecule has 0 saturated carbocycles. The smallest absolute Gasteiger partial charge is 0.299 e. The number of halogens is 2. The first-order chi connectivity index (χ1) is 5.11. The highest BCUT2D eigenvalue weighted by Crippen LogP contribution is 2.08. The molecular weight excluding hydrogens is 187 g/mol. The van der Waals surface area contributed by atoms with Gasteiger partial charge in [-0.3, -0.25) is 4.79 Å². The van der Waals surface area contributed by atoms with Crippen LogP contribution in [0.4, 0.5) is 0 Å². The molecule has 0 saturated heterocycles. The van der Waals surface area contributed by atoms with Crippen molar-refractivity contribution in [2.75, 3.05) is 0 Å². The molecule has 0 aliphatic carbocycles. The Morgan fingerprint density at radius 2 is 2.18 bits per heavy atom. The number of aryl methyl sites for hydroxylation is 1. The molecule has 0 aromatic carbocycles. The molecule has 0 fully saturated rings. The number of H-pyrrole nitrogens is 1. The van der Waals surface area contributed by atoms with Crippen LogP contribution in [0, 0.1) is 6.92 Å². The van der Waals surface area contributed by atoms with Gasteiger partial charge in [-0.15, -0.1) is 0 Å². The Balaban J connectivity index is 2.85. The lowest BCUT2D eigenvalue weighted by Crippen LogP contribution is -2.11. The molecule has 0 spiro atoms. The van der Waals surface area contributed by atoms with E-state index in [-0.39, 0.29) is 0 Å². The van der Waals surface area contributed by atoms with Crippen molar-refractivity contribution in [2.24, 2.45) is 0 Å². The molecule has 0 aliphatic rings. The molecule has 3 nitrogen and oxygen atoms in total. The van der Waals surface area contributed by atoms with E-state index in [9.17, 15) is 4.79 Å². The van der Waals surface area contributed by atoms with Gasteiger partial charge in [-0.25, -0.2) is 0 Å². The molecule has 0 bridgehead atoms. The maximum absolute atomic E-state index is 11.0. The lowest BCUT2D eigenvalue weighted by molar-refractivity contribution is 0.0919. The largest absolute Gasteiger partial charge is 0.355 e. The summed E-state index contributed by atoms with van der Waals surface area (Å²) in [6, 6.07) is 3.39. The Hall–Kier alpha value is -0.670. The lowest BCUT2D eigenvalue weighted by atomic mass is 10.4. The molecular formula is C6H6Cl2N2O. The summed E-state index contributed by atoms with van der Waals surface area (Å²) < 4.78 is 0.491. The summed E-state index contributed by atoms with van der Waals surface area (Å²) in [5, 5.41) is 0. The van der Waals surface area contributed by atoms with Gasteiger partial charge >= 0.3 is 0 Å². The Bertz CT molecular complexity index is 269. The average molecular weight is 193 g/mol. The third kappa shape index (κ3) is 1.88. The van der Waals surface area contributed by atoms with Crippen molar-refractivity contribution in [1.29, 1.82) is 0 Å². The van der Waals surface area contributed by atoms with Crippen LogP contribution in [0.2, 0.25) is 0 Å². The maximum atomic E-state index is 11.0. The monoisotopic (exact) mass is 192 g/mol. The molecule has 1 aromatic heterocycles. The minimum atomic E-state index is -0.457. The molecule has 1 heterocycles. The number of carbonyl (C=O) groups is 1. The van der Waals surface area contributed by atoms with E-state index in [2.05, 4.69) is 4.98 Å². The number of carbonyl (C=O) groups excluding carboxylic acids is 1. The van der Waals surface area contributed by atoms with Crippen LogP contribution in [0.1, 0.15) is 16.2 Å². The fourth-order valence-corrected chi connectivity index (χ4v) is 0.902. The normalized spacial score (nSPS) is 9.73. The van der Waals surface area contributed by atoms with Gasteiger partial charge in [-0.1, -0.05) is 0 Å². The summed E-state index contributed by atoms with van der Waals surface area (Å²) in [6.45, 7) is 1.84. The SMILES string of the molecule is Cc1ccc(C(=O)N(Cl)Cl)[nH]1. The fraction of sp³-hybridized carbons (Fsp3) is 0.167.